The highest BCUT2D eigenvalue weighted by molar-refractivity contribution is 6.11. The average Bonchev–Trinajstić information content (AvgIpc) is 3.17. The van der Waals surface area contributed by atoms with Gasteiger partial charge in [-0.25, -0.2) is 15.0 Å². The predicted octanol–water partition coefficient (Wildman–Crippen LogP) is 0.580. The quantitative estimate of drug-likeness (QED) is 0.432. The third-order valence-electron chi connectivity index (χ3n) is 3.38. The number of H-pyrrole nitrogens is 2. The highest BCUT2D eigenvalue weighted by Gasteiger charge is 2.17. The number of imidazole rings is 2. The number of primary amides is 1. The Morgan fingerprint density at radius 1 is 1.12 bits per heavy atom. The van der Waals surface area contributed by atoms with Crippen LogP contribution in [0.15, 0.2) is 30.7 Å². The molecular formula is C14H10N8O2. The molecule has 0 fully saturated rings. The first kappa shape index (κ1) is 13.8. The molecule has 4 rings (SSSR count). The molecule has 0 unspecified atom stereocenters. The average molecular weight is 322 g/mol. The van der Waals surface area contributed by atoms with Gasteiger partial charge in [-0.1, -0.05) is 6.07 Å². The van der Waals surface area contributed by atoms with E-state index >= 15 is 0 Å². The van der Waals surface area contributed by atoms with Crippen LogP contribution in [0.3, 0.4) is 0 Å². The maximum atomic E-state index is 12.5. The van der Waals surface area contributed by atoms with Crippen molar-refractivity contribution >= 4 is 40.0 Å². The number of fused-ring (bicyclic) bond motifs is 2. The van der Waals surface area contributed by atoms with Gasteiger partial charge in [-0.3, -0.25) is 14.9 Å². The number of carbonyl (C=O) groups is 2. The Bertz CT molecular complexity index is 1060. The molecule has 0 saturated carbocycles. The van der Waals surface area contributed by atoms with Crippen molar-refractivity contribution < 1.29 is 9.59 Å². The second-order valence-electron chi connectivity index (χ2n) is 4.95. The monoisotopic (exact) mass is 322 g/mol. The zero-order chi connectivity index (χ0) is 16.7. The topological polar surface area (TPSA) is 155 Å². The zero-order valence-electron chi connectivity index (χ0n) is 12.1. The van der Waals surface area contributed by atoms with Gasteiger partial charge < -0.3 is 15.7 Å². The van der Waals surface area contributed by atoms with Gasteiger partial charge in [-0.2, -0.15) is 4.98 Å². The number of benzene rings is 1. The number of nitrogens with two attached hydrogens (primary N) is 1. The SMILES string of the molecule is NC(=O)c1nc2c(C(=O)Nc3nc4ncncc4[nH]3)cccc2[nH]1. The number of aromatic amines is 2. The van der Waals surface area contributed by atoms with Gasteiger partial charge in [0, 0.05) is 0 Å². The van der Waals surface area contributed by atoms with Gasteiger partial charge in [0.05, 0.1) is 17.3 Å². The summed E-state index contributed by atoms with van der Waals surface area (Å²) < 4.78 is 0. The van der Waals surface area contributed by atoms with Crippen molar-refractivity contribution in [2.45, 2.75) is 0 Å². The Hall–Kier alpha value is -3.82. The maximum Gasteiger partial charge on any atom is 0.284 e. The summed E-state index contributed by atoms with van der Waals surface area (Å²) in [5.41, 5.74) is 7.41. The highest BCUT2D eigenvalue weighted by Crippen LogP contribution is 2.18. The summed E-state index contributed by atoms with van der Waals surface area (Å²) in [5.74, 6) is -0.911. The molecule has 0 bridgehead atoms. The van der Waals surface area contributed by atoms with Crippen LogP contribution in [-0.2, 0) is 0 Å². The van der Waals surface area contributed by atoms with E-state index in [0.717, 1.165) is 0 Å². The van der Waals surface area contributed by atoms with E-state index < -0.39 is 11.8 Å². The lowest BCUT2D eigenvalue weighted by Gasteiger charge is -2.02. The molecule has 10 nitrogen and oxygen atoms in total. The number of para-hydroxylation sites is 1. The molecule has 0 saturated heterocycles. The number of nitrogens with zero attached hydrogens (tertiary/aromatic N) is 4. The van der Waals surface area contributed by atoms with Gasteiger partial charge >= 0.3 is 0 Å². The van der Waals surface area contributed by atoms with E-state index in [4.69, 9.17) is 5.73 Å². The van der Waals surface area contributed by atoms with E-state index in [0.29, 0.717) is 22.2 Å². The van der Waals surface area contributed by atoms with Gasteiger partial charge in [-0.15, -0.1) is 0 Å². The summed E-state index contributed by atoms with van der Waals surface area (Å²) in [7, 11) is 0. The van der Waals surface area contributed by atoms with Crippen LogP contribution in [-0.4, -0.2) is 41.7 Å². The van der Waals surface area contributed by atoms with E-state index in [1.165, 1.54) is 6.33 Å². The summed E-state index contributed by atoms with van der Waals surface area (Å²) in [6.07, 6.45) is 2.92. The van der Waals surface area contributed by atoms with Crippen LogP contribution in [0.25, 0.3) is 22.2 Å². The molecule has 5 N–H and O–H groups in total. The lowest BCUT2D eigenvalue weighted by Crippen LogP contribution is -2.14. The molecule has 24 heavy (non-hydrogen) atoms. The molecular weight excluding hydrogens is 312 g/mol. The lowest BCUT2D eigenvalue weighted by molar-refractivity contribution is 0.0989. The molecule has 1 aromatic carbocycles. The third-order valence-corrected chi connectivity index (χ3v) is 3.38. The molecule has 0 radical (unpaired) electrons. The Morgan fingerprint density at radius 2 is 2.00 bits per heavy atom. The number of hydrogen-bond donors (Lipinski definition) is 4. The fraction of sp³-hybridized carbons (Fsp3) is 0. The fourth-order valence-corrected chi connectivity index (χ4v) is 2.33. The molecule has 2 amide bonds. The molecule has 0 atom stereocenters. The maximum absolute atomic E-state index is 12.5. The van der Waals surface area contributed by atoms with Gasteiger partial charge in [-0.05, 0) is 12.1 Å². The van der Waals surface area contributed by atoms with Crippen LogP contribution in [0.1, 0.15) is 21.0 Å². The molecule has 0 aliphatic rings. The first-order valence-corrected chi connectivity index (χ1v) is 6.87. The van der Waals surface area contributed by atoms with Gasteiger partial charge in [0.2, 0.25) is 5.95 Å². The molecule has 0 spiro atoms. The lowest BCUT2D eigenvalue weighted by atomic mass is 10.2. The molecule has 3 aromatic heterocycles. The summed E-state index contributed by atoms with van der Waals surface area (Å²) in [6, 6.07) is 4.96. The summed E-state index contributed by atoms with van der Waals surface area (Å²) in [6.45, 7) is 0. The zero-order valence-corrected chi connectivity index (χ0v) is 12.1. The van der Waals surface area contributed by atoms with Crippen LogP contribution < -0.4 is 11.1 Å². The first-order chi connectivity index (χ1) is 11.6. The van der Waals surface area contributed by atoms with Gasteiger partial charge in [0.15, 0.2) is 11.5 Å². The van der Waals surface area contributed by atoms with E-state index in [2.05, 4.69) is 35.2 Å². The second kappa shape index (κ2) is 5.12. The molecule has 0 aliphatic heterocycles. The summed E-state index contributed by atoms with van der Waals surface area (Å²) >= 11 is 0. The molecule has 4 aromatic rings. The Labute approximate surface area is 133 Å². The van der Waals surface area contributed by atoms with Crippen molar-refractivity contribution in [1.29, 1.82) is 0 Å². The minimum absolute atomic E-state index is 0.00994. The van der Waals surface area contributed by atoms with Crippen molar-refractivity contribution in [2.24, 2.45) is 5.73 Å². The van der Waals surface area contributed by atoms with E-state index in [9.17, 15) is 9.59 Å². The first-order valence-electron chi connectivity index (χ1n) is 6.87. The smallest absolute Gasteiger partial charge is 0.284 e. The van der Waals surface area contributed by atoms with Gasteiger partial charge in [0.25, 0.3) is 11.8 Å². The van der Waals surface area contributed by atoms with Crippen molar-refractivity contribution in [3.63, 3.8) is 0 Å². The molecule has 10 heteroatoms. The summed E-state index contributed by atoms with van der Waals surface area (Å²) in [5, 5.41) is 2.63. The number of nitrogens with one attached hydrogen (secondary N) is 3. The van der Waals surface area contributed by atoms with Crippen molar-refractivity contribution in [2.75, 3.05) is 5.32 Å². The van der Waals surface area contributed by atoms with E-state index in [-0.39, 0.29) is 17.3 Å². The van der Waals surface area contributed by atoms with Crippen LogP contribution in [0.4, 0.5) is 5.95 Å². The number of aromatic nitrogens is 6. The number of anilines is 1. The van der Waals surface area contributed by atoms with Crippen molar-refractivity contribution in [1.82, 2.24) is 29.9 Å². The number of rotatable bonds is 3. The van der Waals surface area contributed by atoms with Crippen LogP contribution >= 0.6 is 0 Å². The Morgan fingerprint density at radius 3 is 2.79 bits per heavy atom. The highest BCUT2D eigenvalue weighted by atomic mass is 16.2. The fourth-order valence-electron chi connectivity index (χ4n) is 2.33. The second-order valence-corrected chi connectivity index (χ2v) is 4.95. The summed E-state index contributed by atoms with van der Waals surface area (Å²) in [4.78, 5) is 45.5. The van der Waals surface area contributed by atoms with E-state index in [1.54, 1.807) is 24.4 Å². The van der Waals surface area contributed by atoms with Crippen molar-refractivity contribution in [3.05, 3.63) is 42.1 Å². The molecule has 118 valence electrons. The largest absolute Gasteiger partial charge is 0.363 e. The normalized spacial score (nSPS) is 11.0. The van der Waals surface area contributed by atoms with Crippen LogP contribution in [0, 0.1) is 0 Å². The van der Waals surface area contributed by atoms with Crippen LogP contribution in [0.5, 0.6) is 0 Å². The minimum Gasteiger partial charge on any atom is -0.363 e. The molecule has 0 aliphatic carbocycles. The number of amides is 2. The van der Waals surface area contributed by atoms with Crippen molar-refractivity contribution in [3.8, 4) is 0 Å². The van der Waals surface area contributed by atoms with E-state index in [1.807, 2.05) is 0 Å². The number of hydrogen-bond acceptors (Lipinski definition) is 6. The Balaban J connectivity index is 1.71. The standard InChI is InChI=1S/C14H10N8O2/c15-10(23)12-18-7-3-1-2-6(9(7)20-12)13(24)22-14-19-8-4-16-5-17-11(8)21-14/h1-5H,(H2,15,23)(H,18,20)(H2,16,17,19,21,22,24). The van der Waals surface area contributed by atoms with Gasteiger partial charge in [0.1, 0.15) is 17.4 Å². The molecule has 3 heterocycles. The minimum atomic E-state index is -0.701. The number of carbonyl (C=O) groups excluding carboxylic acids is 2. The Kier molecular flexibility index (Phi) is 2.95. The third kappa shape index (κ3) is 2.22. The van der Waals surface area contributed by atoms with Crippen LogP contribution in [0.2, 0.25) is 0 Å². The predicted molar refractivity (Wildman–Crippen MR) is 84.2 cm³/mol.